The van der Waals surface area contributed by atoms with Gasteiger partial charge in [0.05, 0.1) is 11.4 Å². The van der Waals surface area contributed by atoms with Crippen LogP contribution in [0.5, 0.6) is 0 Å². The van der Waals surface area contributed by atoms with Gasteiger partial charge in [-0.3, -0.25) is 14.3 Å². The lowest BCUT2D eigenvalue weighted by Crippen LogP contribution is -2.23. The number of carbonyl (C=O) groups is 1. The maximum atomic E-state index is 13.3. The van der Waals surface area contributed by atoms with Crippen LogP contribution in [0.3, 0.4) is 0 Å². The van der Waals surface area contributed by atoms with Crippen molar-refractivity contribution < 1.29 is 9.18 Å². The van der Waals surface area contributed by atoms with Gasteiger partial charge in [-0.25, -0.2) is 9.07 Å². The van der Waals surface area contributed by atoms with Gasteiger partial charge < -0.3 is 10.6 Å². The molecule has 0 spiro atoms. The van der Waals surface area contributed by atoms with E-state index in [0.29, 0.717) is 26.6 Å². The summed E-state index contributed by atoms with van der Waals surface area (Å²) < 4.78 is 17.2. The molecule has 0 bridgehead atoms. The minimum atomic E-state index is -0.339. The Kier molecular flexibility index (Phi) is 6.90. The van der Waals surface area contributed by atoms with E-state index < -0.39 is 0 Å². The van der Waals surface area contributed by atoms with Gasteiger partial charge in [0.25, 0.3) is 5.56 Å². The number of rotatable bonds is 8. The van der Waals surface area contributed by atoms with Crippen LogP contribution in [-0.2, 0) is 11.8 Å². The molecule has 11 heteroatoms. The van der Waals surface area contributed by atoms with Crippen LogP contribution >= 0.6 is 23.1 Å². The molecule has 8 nitrogen and oxygen atoms in total. The molecule has 4 aromatic rings. The van der Waals surface area contributed by atoms with Gasteiger partial charge in [-0.05, 0) is 37.3 Å². The number of nitrogens with one attached hydrogen (secondary N) is 2. The predicted molar refractivity (Wildman–Crippen MR) is 129 cm³/mol. The van der Waals surface area contributed by atoms with Crippen LogP contribution in [0.2, 0.25) is 0 Å². The smallest absolute Gasteiger partial charge is 0.295 e. The fourth-order valence-electron chi connectivity index (χ4n) is 3.15. The minimum Gasteiger partial charge on any atom is -0.330 e. The van der Waals surface area contributed by atoms with Crippen molar-refractivity contribution in [3.05, 3.63) is 76.5 Å². The molecule has 2 aromatic heterocycles. The number of thioether (sulfide) groups is 1. The van der Waals surface area contributed by atoms with E-state index >= 15 is 0 Å². The van der Waals surface area contributed by atoms with Gasteiger partial charge in [0.1, 0.15) is 11.5 Å². The van der Waals surface area contributed by atoms with Gasteiger partial charge in [0, 0.05) is 24.9 Å². The largest absolute Gasteiger partial charge is 0.330 e. The highest BCUT2D eigenvalue weighted by molar-refractivity contribution is 8.01. The van der Waals surface area contributed by atoms with Gasteiger partial charge in [0.2, 0.25) is 11.0 Å². The summed E-state index contributed by atoms with van der Waals surface area (Å²) in [6.07, 6.45) is 0.204. The summed E-state index contributed by atoms with van der Waals surface area (Å²) in [7, 11) is 1.78. The molecule has 2 N–H and O–H groups in total. The van der Waals surface area contributed by atoms with E-state index in [1.807, 2.05) is 30.3 Å². The molecule has 170 valence electrons. The fraction of sp³-hybridized carbons (Fsp3) is 0.182. The van der Waals surface area contributed by atoms with Crippen LogP contribution in [-0.4, -0.2) is 31.2 Å². The highest BCUT2D eigenvalue weighted by atomic mass is 32.2. The monoisotopic (exact) mass is 484 g/mol. The topological polar surface area (TPSA) is 93.8 Å². The van der Waals surface area contributed by atoms with E-state index in [1.54, 1.807) is 30.8 Å². The Morgan fingerprint density at radius 3 is 2.70 bits per heavy atom. The molecule has 0 aliphatic carbocycles. The number of hydrogen-bond donors (Lipinski definition) is 2. The molecule has 0 radical (unpaired) electrons. The molecule has 0 fully saturated rings. The Hall–Kier alpha value is -3.44. The third-order valence-electron chi connectivity index (χ3n) is 4.86. The van der Waals surface area contributed by atoms with Crippen molar-refractivity contribution in [1.82, 2.24) is 19.6 Å². The number of benzene rings is 2. The summed E-state index contributed by atoms with van der Waals surface area (Å²) in [6.45, 7) is 1.79. The molecule has 0 atom stereocenters. The third-order valence-corrected chi connectivity index (χ3v) is 6.83. The number of hydrogen-bond acceptors (Lipinski definition) is 7. The SMILES string of the molecule is Cc1c(NC(=O)CCSc2nnc(Nc3cccc(F)c3)s2)c(=O)n(-c2ccccc2)n1C. The summed E-state index contributed by atoms with van der Waals surface area (Å²) in [5.74, 6) is -0.121. The van der Waals surface area contributed by atoms with Crippen molar-refractivity contribution in [2.24, 2.45) is 7.05 Å². The van der Waals surface area contributed by atoms with Crippen LogP contribution < -0.4 is 16.2 Å². The normalized spacial score (nSPS) is 10.9. The van der Waals surface area contributed by atoms with Crippen LogP contribution in [0.25, 0.3) is 5.69 Å². The molecule has 0 unspecified atom stereocenters. The average Bonchev–Trinajstić information content (AvgIpc) is 3.32. The maximum absolute atomic E-state index is 13.3. The Balaban J connectivity index is 1.33. The van der Waals surface area contributed by atoms with Crippen LogP contribution in [0.15, 0.2) is 63.7 Å². The first-order chi connectivity index (χ1) is 15.9. The van der Waals surface area contributed by atoms with Gasteiger partial charge in [-0.1, -0.05) is 47.4 Å². The summed E-state index contributed by atoms with van der Waals surface area (Å²) in [4.78, 5) is 25.4. The second-order valence-corrected chi connectivity index (χ2v) is 9.41. The number of aromatic nitrogens is 4. The second kappa shape index (κ2) is 10.0. The Bertz CT molecular complexity index is 1330. The lowest BCUT2D eigenvalue weighted by molar-refractivity contribution is -0.115. The van der Waals surface area contributed by atoms with Crippen LogP contribution in [0.4, 0.5) is 20.9 Å². The summed E-state index contributed by atoms with van der Waals surface area (Å²) in [5, 5.41) is 14.4. The minimum absolute atomic E-state index is 0.204. The summed E-state index contributed by atoms with van der Waals surface area (Å²) in [6, 6.07) is 15.3. The van der Waals surface area contributed by atoms with Gasteiger partial charge in [-0.15, -0.1) is 10.2 Å². The van der Waals surface area contributed by atoms with Crippen LogP contribution in [0, 0.1) is 12.7 Å². The number of halogens is 1. The van der Waals surface area contributed by atoms with E-state index in [-0.39, 0.29) is 29.4 Å². The lowest BCUT2D eigenvalue weighted by atomic mass is 10.3. The molecular weight excluding hydrogens is 463 g/mol. The highest BCUT2D eigenvalue weighted by Gasteiger charge is 2.18. The molecule has 4 rings (SSSR count). The first kappa shape index (κ1) is 22.7. The Morgan fingerprint density at radius 1 is 1.15 bits per heavy atom. The van der Waals surface area contributed by atoms with Crippen molar-refractivity contribution in [3.8, 4) is 5.69 Å². The molecule has 2 aromatic carbocycles. The Labute approximate surface area is 197 Å². The molecule has 2 heterocycles. The third kappa shape index (κ3) is 5.32. The van der Waals surface area contributed by atoms with Crippen molar-refractivity contribution in [2.75, 3.05) is 16.4 Å². The van der Waals surface area contributed by atoms with Gasteiger partial charge >= 0.3 is 0 Å². The molecule has 0 saturated heterocycles. The van der Waals surface area contributed by atoms with E-state index in [2.05, 4.69) is 20.8 Å². The predicted octanol–water partition coefficient (Wildman–Crippen LogP) is 4.34. The molecule has 0 aliphatic rings. The molecule has 1 amide bonds. The zero-order valence-corrected chi connectivity index (χ0v) is 19.5. The highest BCUT2D eigenvalue weighted by Crippen LogP contribution is 2.28. The number of nitrogens with zero attached hydrogens (tertiary/aromatic N) is 4. The number of amides is 1. The maximum Gasteiger partial charge on any atom is 0.295 e. The van der Waals surface area contributed by atoms with E-state index in [9.17, 15) is 14.0 Å². The summed E-state index contributed by atoms with van der Waals surface area (Å²) >= 11 is 2.70. The van der Waals surface area contributed by atoms with E-state index in [1.165, 1.54) is 39.9 Å². The van der Waals surface area contributed by atoms with Crippen molar-refractivity contribution in [1.29, 1.82) is 0 Å². The zero-order valence-electron chi connectivity index (χ0n) is 17.9. The van der Waals surface area contributed by atoms with E-state index in [4.69, 9.17) is 0 Å². The fourth-order valence-corrected chi connectivity index (χ4v) is 4.93. The van der Waals surface area contributed by atoms with E-state index in [0.717, 1.165) is 5.69 Å². The molecule has 0 saturated carbocycles. The van der Waals surface area contributed by atoms with Crippen molar-refractivity contribution in [3.63, 3.8) is 0 Å². The van der Waals surface area contributed by atoms with Crippen molar-refractivity contribution >= 4 is 45.5 Å². The molecular formula is C22H21FN6O2S2. The number of anilines is 3. The lowest BCUT2D eigenvalue weighted by Gasteiger charge is -2.07. The average molecular weight is 485 g/mol. The van der Waals surface area contributed by atoms with Crippen molar-refractivity contribution in [2.45, 2.75) is 17.7 Å². The zero-order chi connectivity index (χ0) is 23.4. The standard InChI is InChI=1S/C22H21FN6O2S2/c1-14-19(20(31)29(28(14)2)17-9-4-3-5-10-17)25-18(30)11-12-32-22-27-26-21(33-22)24-16-8-6-7-15(23)13-16/h3-10,13H,11-12H2,1-2H3,(H,24,26)(H,25,30). The summed E-state index contributed by atoms with van der Waals surface area (Å²) in [5.41, 5.74) is 1.97. The second-order valence-electron chi connectivity index (χ2n) is 7.09. The first-order valence-electron chi connectivity index (χ1n) is 10.0. The number of carbonyl (C=O) groups excluding carboxylic acids is 1. The quantitative estimate of drug-likeness (QED) is 0.362. The number of para-hydroxylation sites is 1. The molecule has 0 aliphatic heterocycles. The van der Waals surface area contributed by atoms with Gasteiger partial charge in [-0.2, -0.15) is 0 Å². The van der Waals surface area contributed by atoms with Gasteiger partial charge in [0.15, 0.2) is 4.34 Å². The molecule has 33 heavy (non-hydrogen) atoms. The Morgan fingerprint density at radius 2 is 1.94 bits per heavy atom. The first-order valence-corrected chi connectivity index (χ1v) is 11.9. The van der Waals surface area contributed by atoms with Crippen LogP contribution in [0.1, 0.15) is 12.1 Å².